The molecule has 0 spiro atoms. The molecule has 0 aliphatic heterocycles. The summed E-state index contributed by atoms with van der Waals surface area (Å²) in [5, 5.41) is 2.79. The van der Waals surface area contributed by atoms with Crippen LogP contribution in [0.4, 0.5) is 0 Å². The molecule has 0 bridgehead atoms. The lowest BCUT2D eigenvalue weighted by Crippen LogP contribution is -2.35. The van der Waals surface area contributed by atoms with Crippen molar-refractivity contribution in [2.45, 2.75) is 45.4 Å². The Morgan fingerprint density at radius 2 is 1.56 bits per heavy atom. The van der Waals surface area contributed by atoms with E-state index in [1.807, 2.05) is 0 Å². The van der Waals surface area contributed by atoms with Gasteiger partial charge in [-0.3, -0.25) is 13.8 Å². The van der Waals surface area contributed by atoms with E-state index < -0.39 is 7.82 Å². The van der Waals surface area contributed by atoms with Gasteiger partial charge in [0.2, 0.25) is 5.91 Å². The first-order valence-electron chi connectivity index (χ1n) is 8.89. The van der Waals surface area contributed by atoms with Gasteiger partial charge in [-0.05, 0) is 19.8 Å². The predicted octanol–water partition coefficient (Wildman–Crippen LogP) is 2.86. The smallest absolute Gasteiger partial charge is 0.352 e. The number of hydrogen-bond acceptors (Lipinski definition) is 4. The van der Waals surface area contributed by atoms with Gasteiger partial charge < -0.3 is 14.7 Å². The molecule has 0 rings (SSSR count). The fourth-order valence-corrected chi connectivity index (χ4v) is 2.84. The number of hydrogen-bond donors (Lipinski definition) is 2. The molecule has 0 aromatic rings. The fourth-order valence-electron chi connectivity index (χ4n) is 2.05. The molecule has 0 radical (unpaired) electrons. The van der Waals surface area contributed by atoms with E-state index in [1.54, 1.807) is 6.92 Å². The van der Waals surface area contributed by atoms with Gasteiger partial charge in [-0.25, -0.2) is 4.57 Å². The van der Waals surface area contributed by atoms with Crippen molar-refractivity contribution in [3.05, 3.63) is 12.2 Å². The maximum atomic E-state index is 11.7. The summed E-state index contributed by atoms with van der Waals surface area (Å²) in [6, 6.07) is 0. The molecule has 2 N–H and O–H groups in total. The largest absolute Gasteiger partial charge is 0.472 e. The topological polar surface area (TPSA) is 84.9 Å². The Bertz CT molecular complexity index is 449. The van der Waals surface area contributed by atoms with Gasteiger partial charge in [-0.2, -0.15) is 0 Å². The number of nitrogens with zero attached hydrogens (tertiary/aromatic N) is 1. The summed E-state index contributed by atoms with van der Waals surface area (Å²) in [6.45, 7) is 7.22. The summed E-state index contributed by atoms with van der Waals surface area (Å²) >= 11 is 0. The lowest BCUT2D eigenvalue weighted by atomic mass is 10.1. The number of rotatable bonds is 15. The summed E-state index contributed by atoms with van der Waals surface area (Å²) in [7, 11) is 2.25. The summed E-state index contributed by atoms with van der Waals surface area (Å²) in [5.41, 5.74) is 0.519. The molecule has 148 valence electrons. The Hall–Kier alpha value is -0.720. The quantitative estimate of drug-likeness (QED) is 0.198. The van der Waals surface area contributed by atoms with Crippen molar-refractivity contribution >= 4 is 13.7 Å². The van der Waals surface area contributed by atoms with Gasteiger partial charge in [0.15, 0.2) is 0 Å². The van der Waals surface area contributed by atoms with E-state index in [-0.39, 0.29) is 19.1 Å². The molecular weight excluding hydrogens is 343 g/mol. The number of phosphoric ester groups is 1. The zero-order chi connectivity index (χ0) is 19.3. The maximum Gasteiger partial charge on any atom is 0.472 e. The van der Waals surface area contributed by atoms with Gasteiger partial charge >= 0.3 is 7.82 Å². The van der Waals surface area contributed by atoms with Crippen LogP contribution in [-0.2, 0) is 18.4 Å². The summed E-state index contributed by atoms with van der Waals surface area (Å²) in [4.78, 5) is 20.8. The van der Waals surface area contributed by atoms with E-state index >= 15 is 0 Å². The van der Waals surface area contributed by atoms with Crippen LogP contribution in [0.15, 0.2) is 12.2 Å². The molecule has 0 aromatic carbocycles. The third kappa shape index (κ3) is 16.5. The van der Waals surface area contributed by atoms with Crippen LogP contribution in [0.25, 0.3) is 0 Å². The highest BCUT2D eigenvalue weighted by Crippen LogP contribution is 2.43. The van der Waals surface area contributed by atoms with E-state index in [2.05, 4.69) is 33.0 Å². The molecule has 1 unspecified atom stereocenters. The Balaban J connectivity index is 3.52. The lowest BCUT2D eigenvalue weighted by Gasteiger charge is -2.23. The Kier molecular flexibility index (Phi) is 12.2. The first-order chi connectivity index (χ1) is 11.5. The highest BCUT2D eigenvalue weighted by atomic mass is 31.2. The minimum Gasteiger partial charge on any atom is -0.352 e. The lowest BCUT2D eigenvalue weighted by molar-refractivity contribution is -0.870. The second kappa shape index (κ2) is 12.6. The second-order valence-electron chi connectivity index (χ2n) is 7.31. The van der Waals surface area contributed by atoms with Crippen LogP contribution in [0.2, 0.25) is 0 Å². The summed E-state index contributed by atoms with van der Waals surface area (Å²) < 4.78 is 22.4. The molecule has 8 heteroatoms. The summed E-state index contributed by atoms with van der Waals surface area (Å²) in [6.07, 6.45) is 5.23. The van der Waals surface area contributed by atoms with E-state index in [1.165, 1.54) is 0 Å². The minimum absolute atomic E-state index is 0.103. The van der Waals surface area contributed by atoms with Crippen molar-refractivity contribution in [1.82, 2.24) is 5.32 Å². The van der Waals surface area contributed by atoms with Crippen LogP contribution in [-0.4, -0.2) is 62.7 Å². The second-order valence-corrected chi connectivity index (χ2v) is 8.76. The van der Waals surface area contributed by atoms with Crippen LogP contribution in [0, 0.1) is 0 Å². The molecule has 0 heterocycles. The molecule has 7 nitrogen and oxygen atoms in total. The molecule has 0 aromatic heterocycles. The van der Waals surface area contributed by atoms with Gasteiger partial charge in [0.05, 0.1) is 40.9 Å². The van der Waals surface area contributed by atoms with Crippen molar-refractivity contribution in [3.63, 3.8) is 0 Å². The number of carbonyl (C=O) groups excluding carboxylic acids is 1. The van der Waals surface area contributed by atoms with Crippen LogP contribution in [0.3, 0.4) is 0 Å². The first-order valence-corrected chi connectivity index (χ1v) is 10.4. The van der Waals surface area contributed by atoms with Crippen molar-refractivity contribution in [2.24, 2.45) is 0 Å². The molecule has 0 aliphatic rings. The van der Waals surface area contributed by atoms with E-state index in [0.717, 1.165) is 36.7 Å². The Morgan fingerprint density at radius 3 is 2.12 bits per heavy atom. The van der Waals surface area contributed by atoms with Gasteiger partial charge in [0.25, 0.3) is 0 Å². The third-order valence-electron chi connectivity index (χ3n) is 3.48. The monoisotopic (exact) mass is 379 g/mol. The van der Waals surface area contributed by atoms with Crippen LogP contribution >= 0.6 is 7.82 Å². The van der Waals surface area contributed by atoms with Crippen molar-refractivity contribution in [3.8, 4) is 0 Å². The number of quaternary nitrogens is 1. The van der Waals surface area contributed by atoms with Crippen LogP contribution in [0.5, 0.6) is 0 Å². The Morgan fingerprint density at radius 1 is 1.04 bits per heavy atom. The zero-order valence-corrected chi connectivity index (χ0v) is 17.1. The van der Waals surface area contributed by atoms with Gasteiger partial charge in [0.1, 0.15) is 0 Å². The van der Waals surface area contributed by atoms with Crippen molar-refractivity contribution < 1.29 is 27.8 Å². The number of unbranched alkanes of at least 4 members (excludes halogenated alkanes) is 4. The minimum atomic E-state index is -3.92. The molecule has 0 saturated carbocycles. The average Bonchev–Trinajstić information content (AvgIpc) is 2.48. The van der Waals surface area contributed by atoms with E-state index in [9.17, 15) is 14.3 Å². The molecule has 0 saturated heterocycles. The van der Waals surface area contributed by atoms with Crippen LogP contribution in [0.1, 0.15) is 45.4 Å². The number of nitrogens with one attached hydrogen (secondary N) is 1. The highest BCUT2D eigenvalue weighted by molar-refractivity contribution is 7.47. The molecule has 25 heavy (non-hydrogen) atoms. The van der Waals surface area contributed by atoms with Crippen molar-refractivity contribution in [2.75, 3.05) is 47.4 Å². The number of amides is 1. The number of phosphoric acid groups is 1. The van der Waals surface area contributed by atoms with E-state index in [0.29, 0.717) is 25.0 Å². The number of carbonyl (C=O) groups is 1. The zero-order valence-electron chi connectivity index (χ0n) is 16.3. The van der Waals surface area contributed by atoms with Crippen molar-refractivity contribution in [1.29, 1.82) is 0 Å². The van der Waals surface area contributed by atoms with Crippen LogP contribution < -0.4 is 5.32 Å². The molecular formula is C17H36N2O5P+. The molecule has 0 fully saturated rings. The average molecular weight is 379 g/mol. The molecule has 0 aliphatic carbocycles. The van der Waals surface area contributed by atoms with Gasteiger partial charge in [-0.1, -0.05) is 25.8 Å². The molecule has 1 amide bonds. The van der Waals surface area contributed by atoms with Gasteiger partial charge in [-0.15, -0.1) is 0 Å². The molecule has 1 atom stereocenters. The maximum absolute atomic E-state index is 11.7. The third-order valence-corrected chi connectivity index (χ3v) is 4.49. The Labute approximate surface area is 152 Å². The fraction of sp³-hybridized carbons (Fsp3) is 0.824. The predicted molar refractivity (Wildman–Crippen MR) is 100 cm³/mol. The summed E-state index contributed by atoms with van der Waals surface area (Å²) in [5.74, 6) is -0.103. The van der Waals surface area contributed by atoms with Gasteiger partial charge in [0, 0.05) is 18.5 Å². The SMILES string of the molecule is C=C(C)C(=O)NCCCCCCCOP(=O)(O)OCCC[N+](C)(C)C. The highest BCUT2D eigenvalue weighted by Gasteiger charge is 2.20. The standard InChI is InChI=1S/C17H35N2O5P/c1-16(2)17(20)18-12-9-7-6-8-10-14-23-25(21,22)24-15-11-13-19(3,4)5/h1,6-15H2,2-5H3,(H-,18,20,21,22)/p+1. The first kappa shape index (κ1) is 24.3. The normalized spacial score (nSPS) is 14.1. The van der Waals surface area contributed by atoms with E-state index in [4.69, 9.17) is 9.05 Å².